The van der Waals surface area contributed by atoms with Gasteiger partial charge in [-0.1, -0.05) is 35.5 Å². The highest BCUT2D eigenvalue weighted by atomic mass is 19.2. The molecule has 9 heteroatoms. The van der Waals surface area contributed by atoms with Crippen LogP contribution in [0.25, 0.3) is 11.4 Å². The van der Waals surface area contributed by atoms with Gasteiger partial charge >= 0.3 is 0 Å². The number of rotatable bonds is 5. The molecule has 0 spiro atoms. The van der Waals surface area contributed by atoms with Gasteiger partial charge in [0.1, 0.15) is 0 Å². The maximum absolute atomic E-state index is 13.5. The Bertz CT molecular complexity index is 1090. The van der Waals surface area contributed by atoms with Crippen molar-refractivity contribution in [2.75, 3.05) is 0 Å². The molecule has 0 saturated heterocycles. The number of carbonyl (C=O) groups is 2. The zero-order valence-corrected chi connectivity index (χ0v) is 15.7. The van der Waals surface area contributed by atoms with E-state index in [1.807, 2.05) is 30.3 Å². The fourth-order valence-electron chi connectivity index (χ4n) is 3.68. The monoisotopic (exact) mass is 412 g/mol. The lowest BCUT2D eigenvalue weighted by atomic mass is 10.0. The largest absolute Gasteiger partial charge is 0.369 e. The van der Waals surface area contributed by atoms with Gasteiger partial charge in [0.05, 0.1) is 5.92 Å². The molecular formula is C21H18F2N4O3. The van der Waals surface area contributed by atoms with Crippen LogP contribution in [0.4, 0.5) is 8.78 Å². The van der Waals surface area contributed by atoms with E-state index in [1.165, 1.54) is 6.07 Å². The number of benzene rings is 2. The molecule has 1 aromatic heterocycles. The molecule has 1 fully saturated rings. The smallest absolute Gasteiger partial charge is 0.251 e. The van der Waals surface area contributed by atoms with Crippen LogP contribution in [0.5, 0.6) is 0 Å². The molecule has 3 atom stereocenters. The minimum absolute atomic E-state index is 0.0364. The van der Waals surface area contributed by atoms with Gasteiger partial charge < -0.3 is 15.6 Å². The Morgan fingerprint density at radius 2 is 1.83 bits per heavy atom. The molecule has 1 heterocycles. The number of nitrogens with zero attached hydrogens (tertiary/aromatic N) is 2. The summed E-state index contributed by atoms with van der Waals surface area (Å²) in [6.07, 6.45) is 0.604. The molecule has 1 aliphatic carbocycles. The van der Waals surface area contributed by atoms with Crippen LogP contribution >= 0.6 is 0 Å². The van der Waals surface area contributed by atoms with Crippen LogP contribution < -0.4 is 11.1 Å². The van der Waals surface area contributed by atoms with Gasteiger partial charge in [0.15, 0.2) is 11.6 Å². The Morgan fingerprint density at radius 3 is 2.53 bits per heavy atom. The fraction of sp³-hybridized carbons (Fsp3) is 0.238. The van der Waals surface area contributed by atoms with Crippen LogP contribution in [-0.2, 0) is 4.79 Å². The average molecular weight is 412 g/mol. The number of carbonyl (C=O) groups excluding carboxylic acids is 2. The number of amides is 2. The van der Waals surface area contributed by atoms with Crippen molar-refractivity contribution in [3.63, 3.8) is 0 Å². The second-order valence-electron chi connectivity index (χ2n) is 7.21. The summed E-state index contributed by atoms with van der Waals surface area (Å²) < 4.78 is 32.0. The van der Waals surface area contributed by atoms with E-state index >= 15 is 0 Å². The van der Waals surface area contributed by atoms with Gasteiger partial charge in [0, 0.05) is 23.1 Å². The number of primary amides is 1. The molecule has 0 aliphatic heterocycles. The number of aromatic nitrogens is 2. The van der Waals surface area contributed by atoms with Gasteiger partial charge in [0.25, 0.3) is 5.91 Å². The first kappa shape index (κ1) is 19.7. The molecule has 1 saturated carbocycles. The third-order valence-corrected chi connectivity index (χ3v) is 5.25. The Balaban J connectivity index is 1.57. The Hall–Kier alpha value is -3.62. The van der Waals surface area contributed by atoms with E-state index in [9.17, 15) is 18.4 Å². The highest BCUT2D eigenvalue weighted by Crippen LogP contribution is 2.38. The van der Waals surface area contributed by atoms with Crippen LogP contribution in [0.1, 0.15) is 35.0 Å². The van der Waals surface area contributed by atoms with Gasteiger partial charge in [0.2, 0.25) is 17.6 Å². The quantitative estimate of drug-likeness (QED) is 0.669. The van der Waals surface area contributed by atoms with Gasteiger partial charge in [-0.15, -0.1) is 0 Å². The van der Waals surface area contributed by atoms with Gasteiger partial charge in [-0.25, -0.2) is 8.78 Å². The maximum atomic E-state index is 13.5. The topological polar surface area (TPSA) is 111 Å². The summed E-state index contributed by atoms with van der Waals surface area (Å²) >= 11 is 0. The summed E-state index contributed by atoms with van der Waals surface area (Å²) in [5, 5.41) is 6.75. The lowest BCUT2D eigenvalue weighted by Crippen LogP contribution is -2.37. The first-order valence-electron chi connectivity index (χ1n) is 9.36. The number of halogens is 2. The van der Waals surface area contributed by atoms with Crippen LogP contribution in [-0.4, -0.2) is 28.0 Å². The van der Waals surface area contributed by atoms with Crippen molar-refractivity contribution in [1.82, 2.24) is 15.5 Å². The summed E-state index contributed by atoms with van der Waals surface area (Å²) in [4.78, 5) is 28.7. The third-order valence-electron chi connectivity index (χ3n) is 5.25. The number of nitrogens with two attached hydrogens (primary N) is 1. The molecule has 2 amide bonds. The Morgan fingerprint density at radius 1 is 1.07 bits per heavy atom. The number of hydrogen-bond donors (Lipinski definition) is 2. The fourth-order valence-corrected chi connectivity index (χ4v) is 3.68. The summed E-state index contributed by atoms with van der Waals surface area (Å²) in [6.45, 7) is 0. The molecule has 1 aliphatic rings. The minimum atomic E-state index is -1.12. The Kier molecular flexibility index (Phi) is 5.26. The molecule has 4 rings (SSSR count). The van der Waals surface area contributed by atoms with Crippen LogP contribution in [0.3, 0.4) is 0 Å². The van der Waals surface area contributed by atoms with Crippen LogP contribution in [0, 0.1) is 17.6 Å². The summed E-state index contributed by atoms with van der Waals surface area (Å²) in [5.74, 6) is -3.53. The summed E-state index contributed by atoms with van der Waals surface area (Å²) in [5.41, 5.74) is 6.19. The van der Waals surface area contributed by atoms with Crippen LogP contribution in [0.15, 0.2) is 53.1 Å². The van der Waals surface area contributed by atoms with Crippen molar-refractivity contribution in [2.24, 2.45) is 11.7 Å². The maximum Gasteiger partial charge on any atom is 0.251 e. The normalized spacial score (nSPS) is 20.8. The van der Waals surface area contributed by atoms with Crippen molar-refractivity contribution < 1.29 is 22.9 Å². The molecular weight excluding hydrogens is 394 g/mol. The first-order valence-corrected chi connectivity index (χ1v) is 9.36. The SMILES string of the molecule is NC(=O)[C@H]1C[C@H](NC(=O)c2ccc(F)c(F)c2)[C@H](c2nc(-c3ccccc3)no2)C1. The van der Waals surface area contributed by atoms with E-state index in [-0.39, 0.29) is 17.9 Å². The standard InChI is InChI=1S/C21H18F2N4O3/c22-15-7-6-12(9-16(15)23)20(29)25-17-10-13(18(24)28)8-14(17)21-26-19(27-30-21)11-4-2-1-3-5-11/h1-7,9,13-14,17H,8,10H2,(H2,24,28)(H,25,29)/t13-,14-,17+/m1/s1. The molecule has 2 aromatic carbocycles. The van der Waals surface area contributed by atoms with E-state index in [0.717, 1.165) is 17.7 Å². The first-order chi connectivity index (χ1) is 14.4. The zero-order chi connectivity index (χ0) is 21.3. The summed E-state index contributed by atoms with van der Waals surface area (Å²) in [7, 11) is 0. The molecule has 3 N–H and O–H groups in total. The predicted molar refractivity (Wildman–Crippen MR) is 102 cm³/mol. The zero-order valence-electron chi connectivity index (χ0n) is 15.7. The van der Waals surface area contributed by atoms with Gasteiger partial charge in [-0.3, -0.25) is 9.59 Å². The molecule has 0 bridgehead atoms. The molecule has 0 unspecified atom stereocenters. The van der Waals surface area contributed by atoms with Crippen molar-refractivity contribution in [3.05, 3.63) is 71.6 Å². The minimum Gasteiger partial charge on any atom is -0.369 e. The molecule has 7 nitrogen and oxygen atoms in total. The highest BCUT2D eigenvalue weighted by molar-refractivity contribution is 5.94. The molecule has 3 aromatic rings. The van der Waals surface area contributed by atoms with E-state index < -0.39 is 41.3 Å². The molecule has 154 valence electrons. The second-order valence-corrected chi connectivity index (χ2v) is 7.21. The molecule has 30 heavy (non-hydrogen) atoms. The number of nitrogens with one attached hydrogen (secondary N) is 1. The van der Waals surface area contributed by atoms with Crippen molar-refractivity contribution in [3.8, 4) is 11.4 Å². The van der Waals surface area contributed by atoms with Crippen LogP contribution in [0.2, 0.25) is 0 Å². The van der Waals surface area contributed by atoms with E-state index in [4.69, 9.17) is 10.3 Å². The predicted octanol–water partition coefficient (Wildman–Crippen LogP) is 2.79. The van der Waals surface area contributed by atoms with Crippen molar-refractivity contribution in [2.45, 2.75) is 24.8 Å². The lowest BCUT2D eigenvalue weighted by Gasteiger charge is -2.18. The van der Waals surface area contributed by atoms with Crippen molar-refractivity contribution in [1.29, 1.82) is 0 Å². The van der Waals surface area contributed by atoms with Crippen molar-refractivity contribution >= 4 is 11.8 Å². The average Bonchev–Trinajstić information content (AvgIpc) is 3.38. The van der Waals surface area contributed by atoms with E-state index in [0.29, 0.717) is 12.2 Å². The second kappa shape index (κ2) is 8.02. The number of hydrogen-bond acceptors (Lipinski definition) is 5. The highest BCUT2D eigenvalue weighted by Gasteiger charge is 2.41. The Labute approximate surface area is 170 Å². The molecule has 0 radical (unpaired) electrons. The van der Waals surface area contributed by atoms with E-state index in [1.54, 1.807) is 0 Å². The summed E-state index contributed by atoms with van der Waals surface area (Å²) in [6, 6.07) is 11.6. The van der Waals surface area contributed by atoms with Gasteiger partial charge in [-0.2, -0.15) is 4.98 Å². The third kappa shape index (κ3) is 3.91. The van der Waals surface area contributed by atoms with E-state index in [2.05, 4.69) is 15.5 Å². The van der Waals surface area contributed by atoms with Gasteiger partial charge in [-0.05, 0) is 31.0 Å². The lowest BCUT2D eigenvalue weighted by molar-refractivity contribution is -0.121.